The minimum Gasteiger partial charge on any atom is -0.459 e. The van der Waals surface area contributed by atoms with Crippen LogP contribution in [0.15, 0.2) is 0 Å². The average molecular weight is 750 g/mol. The zero-order chi connectivity index (χ0) is 39.9. The van der Waals surface area contributed by atoms with E-state index < -0.39 is 119 Å². The van der Waals surface area contributed by atoms with Crippen molar-refractivity contribution >= 4 is 11.8 Å². The lowest BCUT2D eigenvalue weighted by Gasteiger charge is -2.51. The highest BCUT2D eigenvalue weighted by Crippen LogP contribution is 2.42. The minimum atomic E-state index is -2.33. The number of hydrogen-bond donors (Lipinski definition) is 6. The summed E-state index contributed by atoms with van der Waals surface area (Å²) in [7, 11) is 5.03. The number of esters is 1. The largest absolute Gasteiger partial charge is 0.459 e. The number of nitrogens with zero attached hydrogens (tertiary/aromatic N) is 1. The van der Waals surface area contributed by atoms with Crippen LogP contribution in [0.4, 0.5) is 0 Å². The van der Waals surface area contributed by atoms with Gasteiger partial charge in [-0.15, -0.1) is 0 Å². The van der Waals surface area contributed by atoms with Gasteiger partial charge in [0.1, 0.15) is 47.5 Å². The highest BCUT2D eigenvalue weighted by molar-refractivity contribution is 5.83. The van der Waals surface area contributed by atoms with Crippen molar-refractivity contribution in [2.24, 2.45) is 17.8 Å². The second-order valence-electron chi connectivity index (χ2n) is 16.8. The van der Waals surface area contributed by atoms with Crippen molar-refractivity contribution < 1.29 is 68.6 Å². The Morgan fingerprint density at radius 1 is 0.846 bits per heavy atom. The Bertz CT molecular complexity index is 1210. The Labute approximate surface area is 308 Å². The van der Waals surface area contributed by atoms with Gasteiger partial charge < -0.3 is 64.0 Å². The lowest BCUT2D eigenvalue weighted by molar-refractivity contribution is -0.343. The molecule has 3 fully saturated rings. The maximum absolute atomic E-state index is 14.1. The molecule has 0 aromatic heterocycles. The highest BCUT2D eigenvalue weighted by Gasteiger charge is 2.58. The van der Waals surface area contributed by atoms with E-state index in [1.54, 1.807) is 41.8 Å². The number of Topliss-reactive ketones (excluding diaryl/α,β-unsaturated/α-hetero) is 1. The van der Waals surface area contributed by atoms with Gasteiger partial charge in [-0.05, 0) is 81.8 Å². The van der Waals surface area contributed by atoms with E-state index in [-0.39, 0.29) is 19.3 Å². The molecule has 0 saturated carbocycles. The van der Waals surface area contributed by atoms with Gasteiger partial charge in [0.15, 0.2) is 12.6 Å². The number of aliphatic hydroxyl groups is 6. The van der Waals surface area contributed by atoms with Crippen LogP contribution < -0.4 is 0 Å². The molecular formula is C37H67NO14. The van der Waals surface area contributed by atoms with Crippen LogP contribution in [0.2, 0.25) is 0 Å². The maximum atomic E-state index is 14.1. The summed E-state index contributed by atoms with van der Waals surface area (Å²) in [6.07, 6.45) is -12.0. The molecule has 0 aromatic carbocycles. The summed E-state index contributed by atoms with van der Waals surface area (Å²) in [4.78, 5) is 29.7. The standard InChI is InChI=1S/C37H67NO14/c1-14-24-36(9,45)28(41)20(4)26(39)18(2)16-34(7,44)33(52-32-27(40)23(38(11)12)15-19(3)48-32)37(10,46)30(21(5)31(43)50-24)51-25-17-35(8,47-13)29(42)22(6)49-25/h18-25,27-30,32-33,40-42,44-46H,14-17H2,1-13H3/t18-,19-,20+,21-,22+,23+,24-,25+,27-,28-,29+,30-,32+,33+,34-,35-,36-,37?/m1/s1. The Balaban J connectivity index is 2.24. The van der Waals surface area contributed by atoms with Gasteiger partial charge in [-0.1, -0.05) is 20.8 Å². The second kappa shape index (κ2) is 16.8. The van der Waals surface area contributed by atoms with Gasteiger partial charge in [0.25, 0.3) is 0 Å². The van der Waals surface area contributed by atoms with Crippen LogP contribution in [-0.4, -0.2) is 158 Å². The molecule has 18 atom stereocenters. The summed E-state index contributed by atoms with van der Waals surface area (Å²) >= 11 is 0. The average Bonchev–Trinajstić information content (AvgIpc) is 3.05. The molecule has 52 heavy (non-hydrogen) atoms. The molecule has 1 unspecified atom stereocenters. The first-order valence-electron chi connectivity index (χ1n) is 18.6. The smallest absolute Gasteiger partial charge is 0.311 e. The van der Waals surface area contributed by atoms with E-state index in [9.17, 15) is 40.2 Å². The summed E-state index contributed by atoms with van der Waals surface area (Å²) in [5.41, 5.74) is -7.62. The molecule has 304 valence electrons. The Hall–Kier alpha value is -1.34. The van der Waals surface area contributed by atoms with E-state index in [0.29, 0.717) is 6.42 Å². The van der Waals surface area contributed by atoms with Crippen molar-refractivity contribution in [2.45, 2.75) is 185 Å². The van der Waals surface area contributed by atoms with Gasteiger partial charge in [0.2, 0.25) is 0 Å². The first kappa shape index (κ1) is 45.1. The molecular weight excluding hydrogens is 682 g/mol. The molecule has 3 saturated heterocycles. The minimum absolute atomic E-state index is 0.0281. The van der Waals surface area contributed by atoms with Crippen LogP contribution in [0.3, 0.4) is 0 Å². The fourth-order valence-corrected chi connectivity index (χ4v) is 8.49. The number of rotatable bonds is 7. The first-order valence-corrected chi connectivity index (χ1v) is 18.6. The van der Waals surface area contributed by atoms with Gasteiger partial charge in [-0.25, -0.2) is 0 Å². The third kappa shape index (κ3) is 9.19. The molecule has 15 heteroatoms. The number of aliphatic hydroxyl groups excluding tert-OH is 3. The Morgan fingerprint density at radius 3 is 1.98 bits per heavy atom. The number of ketones is 1. The molecule has 3 aliphatic heterocycles. The lowest BCUT2D eigenvalue weighted by Crippen LogP contribution is -2.67. The Kier molecular flexibility index (Phi) is 14.6. The van der Waals surface area contributed by atoms with Crippen molar-refractivity contribution in [3.63, 3.8) is 0 Å². The lowest BCUT2D eigenvalue weighted by atomic mass is 9.72. The van der Waals surface area contributed by atoms with Gasteiger partial charge in [-0.3, -0.25) is 9.59 Å². The number of carbonyl (C=O) groups is 2. The molecule has 3 rings (SSSR count). The molecule has 15 nitrogen and oxygen atoms in total. The van der Waals surface area contributed by atoms with Gasteiger partial charge >= 0.3 is 5.97 Å². The zero-order valence-corrected chi connectivity index (χ0v) is 33.3. The number of ether oxygens (including phenoxy) is 6. The topological polar surface area (TPSA) is 214 Å². The zero-order valence-electron chi connectivity index (χ0n) is 33.3. The molecule has 3 heterocycles. The number of methoxy groups -OCH3 is 1. The first-order chi connectivity index (χ1) is 23.8. The molecule has 0 aliphatic carbocycles. The molecule has 3 aliphatic rings. The van der Waals surface area contributed by atoms with E-state index in [1.165, 1.54) is 41.7 Å². The maximum Gasteiger partial charge on any atom is 0.311 e. The SMILES string of the molecule is CC[C@H]1OC(=O)[C@H](C)[C@@H](O[C@H]2C[C@@](C)(OC)[C@@H](O)[C@H](C)O2)C(C)(O)[C@@H](O[C@@H]2O[C@H](C)C[C@H](N(C)C)[C@H]2O)[C@](C)(O)C[C@@H](C)C(=O)[C@H](C)[C@@H](O)[C@]1(C)O. The van der Waals surface area contributed by atoms with E-state index in [4.69, 9.17) is 28.4 Å². The quantitative estimate of drug-likeness (QED) is 0.200. The van der Waals surface area contributed by atoms with E-state index >= 15 is 0 Å². The summed E-state index contributed by atoms with van der Waals surface area (Å²) in [5, 5.41) is 70.4. The van der Waals surface area contributed by atoms with Crippen molar-refractivity contribution in [2.75, 3.05) is 21.2 Å². The molecule has 0 amide bonds. The van der Waals surface area contributed by atoms with Crippen LogP contribution in [0.5, 0.6) is 0 Å². The number of likely N-dealkylation sites (N-methyl/N-ethyl adjacent to an activating group) is 1. The third-order valence-corrected chi connectivity index (χ3v) is 11.8. The van der Waals surface area contributed by atoms with Crippen LogP contribution >= 0.6 is 0 Å². The van der Waals surface area contributed by atoms with E-state index in [2.05, 4.69) is 0 Å². The normalized spacial score (nSPS) is 50.5. The third-order valence-electron chi connectivity index (χ3n) is 11.8. The molecule has 0 radical (unpaired) electrons. The predicted molar refractivity (Wildman–Crippen MR) is 188 cm³/mol. The fraction of sp³-hybridized carbons (Fsp3) is 0.946. The Morgan fingerprint density at radius 2 is 1.44 bits per heavy atom. The van der Waals surface area contributed by atoms with E-state index in [1.807, 2.05) is 11.8 Å². The fourth-order valence-electron chi connectivity index (χ4n) is 8.49. The number of hydrogen-bond acceptors (Lipinski definition) is 15. The number of cyclic esters (lactones) is 1. The number of carbonyl (C=O) groups excluding carboxylic acids is 2. The van der Waals surface area contributed by atoms with Crippen LogP contribution in [0, 0.1) is 17.8 Å². The van der Waals surface area contributed by atoms with Crippen molar-refractivity contribution in [3.05, 3.63) is 0 Å². The summed E-state index contributed by atoms with van der Waals surface area (Å²) in [6.45, 7) is 15.2. The predicted octanol–water partition coefficient (Wildman–Crippen LogP) is 0.901. The molecule has 0 bridgehead atoms. The summed E-state index contributed by atoms with van der Waals surface area (Å²) in [6, 6.07) is -0.417. The van der Waals surface area contributed by atoms with Gasteiger partial charge in [0.05, 0.1) is 35.4 Å². The highest BCUT2D eigenvalue weighted by atomic mass is 16.7. The summed E-state index contributed by atoms with van der Waals surface area (Å²) in [5.74, 6) is -4.87. The van der Waals surface area contributed by atoms with Crippen LogP contribution in [0.1, 0.15) is 94.9 Å². The summed E-state index contributed by atoms with van der Waals surface area (Å²) < 4.78 is 36.5. The molecule has 0 aromatic rings. The van der Waals surface area contributed by atoms with Crippen LogP contribution in [0.25, 0.3) is 0 Å². The van der Waals surface area contributed by atoms with E-state index in [0.717, 1.165) is 0 Å². The molecule has 0 spiro atoms. The monoisotopic (exact) mass is 749 g/mol. The molecule has 6 N–H and O–H groups in total. The van der Waals surface area contributed by atoms with Crippen molar-refractivity contribution in [3.8, 4) is 0 Å². The van der Waals surface area contributed by atoms with Crippen molar-refractivity contribution in [1.82, 2.24) is 4.90 Å². The van der Waals surface area contributed by atoms with Crippen LogP contribution in [-0.2, 0) is 38.0 Å². The van der Waals surface area contributed by atoms with Gasteiger partial charge in [-0.2, -0.15) is 0 Å². The van der Waals surface area contributed by atoms with Crippen molar-refractivity contribution in [1.29, 1.82) is 0 Å². The van der Waals surface area contributed by atoms with Gasteiger partial charge in [0, 0.05) is 31.4 Å². The second-order valence-corrected chi connectivity index (χ2v) is 16.8.